The summed E-state index contributed by atoms with van der Waals surface area (Å²) in [5.41, 5.74) is 10.6. The maximum Gasteiger partial charge on any atom is 0.160 e. The summed E-state index contributed by atoms with van der Waals surface area (Å²) in [6.45, 7) is 4.64. The molecule has 0 radical (unpaired) electrons. The Morgan fingerprint density at radius 1 is 0.558 bits per heavy atom. The van der Waals surface area contributed by atoms with Crippen molar-refractivity contribution in [2.75, 3.05) is 4.90 Å². The quantitative estimate of drug-likeness (QED) is 0.200. The first-order valence-corrected chi connectivity index (χ1v) is 14.8. The van der Waals surface area contributed by atoms with Gasteiger partial charge in [0.2, 0.25) is 0 Å². The van der Waals surface area contributed by atoms with E-state index in [1.54, 1.807) is 0 Å². The molecule has 1 aliphatic heterocycles. The van der Waals surface area contributed by atoms with Gasteiger partial charge in [0.1, 0.15) is 5.58 Å². The first-order chi connectivity index (χ1) is 21.1. The molecule has 0 unspecified atom stereocenters. The van der Waals surface area contributed by atoms with E-state index in [1.165, 1.54) is 27.9 Å². The number of aromatic nitrogens is 1. The second-order valence-corrected chi connectivity index (χ2v) is 12.0. The Hall–Kier alpha value is -5.41. The first kappa shape index (κ1) is 24.2. The molecule has 1 aliphatic rings. The van der Waals surface area contributed by atoms with E-state index in [0.29, 0.717) is 0 Å². The summed E-state index contributed by atoms with van der Waals surface area (Å²) in [4.78, 5) is 7.70. The van der Waals surface area contributed by atoms with Crippen LogP contribution in [0.5, 0.6) is 0 Å². The molecule has 2 aromatic heterocycles. The van der Waals surface area contributed by atoms with E-state index < -0.39 is 0 Å². The standard InChI is InChI=1S/C40H28N2O/c1-40(2)29-18-8-11-21-32(29)42(33-22-12-9-19-30(33)40)34-24-28-36(37-27-17-7-13-23-35(27)43-39(34)37)26-16-6-10-20-31(26)41-38(28)25-14-4-3-5-15-25/h3-24H,1-2H3. The third-order valence-corrected chi connectivity index (χ3v) is 9.21. The van der Waals surface area contributed by atoms with Gasteiger partial charge in [-0.25, -0.2) is 4.98 Å². The zero-order chi connectivity index (χ0) is 28.7. The molecule has 0 fully saturated rings. The van der Waals surface area contributed by atoms with Gasteiger partial charge in [-0.15, -0.1) is 0 Å². The van der Waals surface area contributed by atoms with E-state index in [9.17, 15) is 0 Å². The maximum atomic E-state index is 6.86. The van der Waals surface area contributed by atoms with Crippen LogP contribution in [0.25, 0.3) is 54.9 Å². The predicted octanol–water partition coefficient (Wildman–Crippen LogP) is 11.1. The molecule has 0 saturated heterocycles. The lowest BCUT2D eigenvalue weighted by Gasteiger charge is -2.42. The highest BCUT2D eigenvalue weighted by molar-refractivity contribution is 6.31. The number of nitrogens with zero attached hydrogens (tertiary/aromatic N) is 2. The monoisotopic (exact) mass is 552 g/mol. The van der Waals surface area contributed by atoms with E-state index >= 15 is 0 Å². The molecule has 43 heavy (non-hydrogen) atoms. The van der Waals surface area contributed by atoms with Crippen LogP contribution in [0.15, 0.2) is 138 Å². The number of benzene rings is 6. The number of para-hydroxylation sites is 4. The molecule has 0 spiro atoms. The fourth-order valence-corrected chi connectivity index (χ4v) is 7.22. The fourth-order valence-electron chi connectivity index (χ4n) is 7.22. The van der Waals surface area contributed by atoms with Gasteiger partial charge in [-0.05, 0) is 41.5 Å². The number of hydrogen-bond acceptors (Lipinski definition) is 3. The lowest BCUT2D eigenvalue weighted by Crippen LogP contribution is -2.30. The fraction of sp³-hybridized carbons (Fsp3) is 0.0750. The van der Waals surface area contributed by atoms with Crippen LogP contribution >= 0.6 is 0 Å². The van der Waals surface area contributed by atoms with Gasteiger partial charge in [0.15, 0.2) is 5.58 Å². The van der Waals surface area contributed by atoms with E-state index in [0.717, 1.165) is 55.2 Å². The van der Waals surface area contributed by atoms with E-state index in [-0.39, 0.29) is 5.41 Å². The van der Waals surface area contributed by atoms with Crippen LogP contribution in [-0.4, -0.2) is 4.98 Å². The smallest absolute Gasteiger partial charge is 0.160 e. The van der Waals surface area contributed by atoms with Crippen molar-refractivity contribution in [3.63, 3.8) is 0 Å². The number of fused-ring (bicyclic) bond motifs is 9. The molecule has 0 N–H and O–H groups in total. The highest BCUT2D eigenvalue weighted by atomic mass is 16.3. The summed E-state index contributed by atoms with van der Waals surface area (Å²) in [5, 5.41) is 5.64. The minimum Gasteiger partial charge on any atom is -0.454 e. The van der Waals surface area contributed by atoms with Crippen molar-refractivity contribution in [1.29, 1.82) is 0 Å². The molecule has 3 heterocycles. The minimum atomic E-state index is -0.152. The average molecular weight is 553 g/mol. The Labute approximate surface area is 249 Å². The van der Waals surface area contributed by atoms with Crippen molar-refractivity contribution in [3.8, 4) is 11.3 Å². The molecule has 3 nitrogen and oxygen atoms in total. The van der Waals surface area contributed by atoms with Crippen molar-refractivity contribution in [2.24, 2.45) is 0 Å². The summed E-state index contributed by atoms with van der Waals surface area (Å²) >= 11 is 0. The van der Waals surface area contributed by atoms with Gasteiger partial charge in [0, 0.05) is 37.9 Å². The molecular weight excluding hydrogens is 524 g/mol. The average Bonchev–Trinajstić information content (AvgIpc) is 3.45. The first-order valence-electron chi connectivity index (χ1n) is 14.8. The number of pyridine rings is 1. The van der Waals surface area contributed by atoms with Gasteiger partial charge in [-0.1, -0.05) is 117 Å². The molecule has 0 aliphatic carbocycles. The number of furan rings is 1. The summed E-state index contributed by atoms with van der Waals surface area (Å²) in [6.07, 6.45) is 0. The highest BCUT2D eigenvalue weighted by Gasteiger charge is 2.37. The lowest BCUT2D eigenvalue weighted by atomic mass is 9.73. The Morgan fingerprint density at radius 3 is 1.91 bits per heavy atom. The lowest BCUT2D eigenvalue weighted by molar-refractivity contribution is 0.630. The van der Waals surface area contributed by atoms with Gasteiger partial charge in [0.05, 0.1) is 28.3 Å². The summed E-state index contributed by atoms with van der Waals surface area (Å²) in [7, 11) is 0. The number of hydrogen-bond donors (Lipinski definition) is 0. The Kier molecular flexibility index (Phi) is 4.95. The second-order valence-electron chi connectivity index (χ2n) is 12.0. The summed E-state index contributed by atoms with van der Waals surface area (Å²) in [5.74, 6) is 0. The van der Waals surface area contributed by atoms with Crippen molar-refractivity contribution >= 4 is 60.7 Å². The van der Waals surface area contributed by atoms with Crippen LogP contribution in [0, 0.1) is 0 Å². The molecule has 6 aromatic carbocycles. The van der Waals surface area contributed by atoms with Crippen LogP contribution in [0.4, 0.5) is 17.1 Å². The Bertz CT molecular complexity index is 2330. The molecule has 9 rings (SSSR count). The molecule has 204 valence electrons. The predicted molar refractivity (Wildman–Crippen MR) is 179 cm³/mol. The summed E-state index contributed by atoms with van der Waals surface area (Å²) < 4.78 is 6.86. The zero-order valence-corrected chi connectivity index (χ0v) is 24.0. The van der Waals surface area contributed by atoms with Crippen molar-refractivity contribution in [1.82, 2.24) is 4.98 Å². The molecule has 0 bridgehead atoms. The normalized spacial score (nSPS) is 14.0. The van der Waals surface area contributed by atoms with E-state index in [4.69, 9.17) is 9.40 Å². The van der Waals surface area contributed by atoms with Gasteiger partial charge in [0.25, 0.3) is 0 Å². The van der Waals surface area contributed by atoms with Crippen LogP contribution in [0.2, 0.25) is 0 Å². The van der Waals surface area contributed by atoms with E-state index in [1.807, 2.05) is 0 Å². The molecule has 0 amide bonds. The molecule has 0 atom stereocenters. The van der Waals surface area contributed by atoms with E-state index in [2.05, 4.69) is 152 Å². The zero-order valence-electron chi connectivity index (χ0n) is 24.0. The molecule has 0 saturated carbocycles. The third kappa shape index (κ3) is 3.33. The number of anilines is 3. The Morgan fingerprint density at radius 2 is 1.16 bits per heavy atom. The van der Waals surface area contributed by atoms with Crippen molar-refractivity contribution in [3.05, 3.63) is 145 Å². The summed E-state index contributed by atoms with van der Waals surface area (Å²) in [6, 6.07) is 47.3. The molecule has 3 heteroatoms. The van der Waals surface area contributed by atoms with Gasteiger partial charge < -0.3 is 9.32 Å². The van der Waals surface area contributed by atoms with Crippen LogP contribution in [0.1, 0.15) is 25.0 Å². The SMILES string of the molecule is CC1(C)c2ccccc2N(c2cc3c(-c4ccccc4)nc4ccccc4c3c3c2oc2ccccc23)c2ccccc21. The third-order valence-electron chi connectivity index (χ3n) is 9.21. The highest BCUT2D eigenvalue weighted by Crippen LogP contribution is 2.55. The maximum absolute atomic E-state index is 6.86. The minimum absolute atomic E-state index is 0.152. The number of rotatable bonds is 2. The second kappa shape index (κ2) is 8.80. The topological polar surface area (TPSA) is 29.3 Å². The van der Waals surface area contributed by atoms with Gasteiger partial charge in [-0.2, -0.15) is 0 Å². The van der Waals surface area contributed by atoms with Crippen LogP contribution in [0.3, 0.4) is 0 Å². The molecule has 8 aromatic rings. The van der Waals surface area contributed by atoms with Crippen molar-refractivity contribution in [2.45, 2.75) is 19.3 Å². The van der Waals surface area contributed by atoms with Crippen molar-refractivity contribution < 1.29 is 4.42 Å². The Balaban J connectivity index is 1.52. The largest absolute Gasteiger partial charge is 0.454 e. The van der Waals surface area contributed by atoms with Gasteiger partial charge >= 0.3 is 0 Å². The van der Waals surface area contributed by atoms with Crippen LogP contribution in [-0.2, 0) is 5.41 Å². The van der Waals surface area contributed by atoms with Gasteiger partial charge in [-0.3, -0.25) is 0 Å². The van der Waals surface area contributed by atoms with Crippen LogP contribution < -0.4 is 4.90 Å². The molecular formula is C40H28N2O.